The number of alkyl halides is 2. The van der Waals surface area contributed by atoms with Gasteiger partial charge in [-0.15, -0.1) is 45.3 Å². The van der Waals surface area contributed by atoms with Crippen molar-refractivity contribution in [1.82, 2.24) is 19.6 Å². The predicted molar refractivity (Wildman–Crippen MR) is 503 cm³/mol. The Hall–Kier alpha value is -12.2. The second kappa shape index (κ2) is 39.0. The highest BCUT2D eigenvalue weighted by atomic mass is 35.5. The molecule has 4 N–H and O–H groups in total. The Bertz CT molecular complexity index is 6710. The van der Waals surface area contributed by atoms with Crippen molar-refractivity contribution in [3.63, 3.8) is 0 Å². The van der Waals surface area contributed by atoms with Crippen LogP contribution in [0.25, 0.3) is 40.3 Å². The van der Waals surface area contributed by atoms with Gasteiger partial charge in [0.25, 0.3) is 0 Å². The Labute approximate surface area is 758 Å². The first kappa shape index (κ1) is 86.9. The minimum Gasteiger partial charge on any atom is -0.508 e. The molecule has 20 rings (SSSR count). The number of hydrogen-bond donors (Lipinski definition) is 4. The maximum atomic E-state index is 13.5. The fraction of sp³-hybridized carbons (Fsp3) is 0.184. The number of aryl methyl sites for hydroxylation is 2. The summed E-state index contributed by atoms with van der Waals surface area (Å²) in [4.78, 5) is 64.5. The minimum atomic E-state index is -2.26. The highest BCUT2D eigenvalue weighted by molar-refractivity contribution is 7.22. The highest BCUT2D eigenvalue weighted by Crippen LogP contribution is 2.48. The van der Waals surface area contributed by atoms with Crippen molar-refractivity contribution in [3.8, 4) is 69.0 Å². The number of ketones is 4. The van der Waals surface area contributed by atoms with E-state index < -0.39 is 12.3 Å². The Morgan fingerprint density at radius 3 is 1.02 bits per heavy atom. The quantitative estimate of drug-likeness (QED) is 0.0394. The van der Waals surface area contributed by atoms with Gasteiger partial charge in [-0.3, -0.25) is 38.8 Å². The molecule has 16 aromatic rings. The Kier molecular flexibility index (Phi) is 26.7. The fourth-order valence-electron chi connectivity index (χ4n) is 15.3. The van der Waals surface area contributed by atoms with E-state index in [1.165, 1.54) is 81.3 Å². The van der Waals surface area contributed by atoms with E-state index in [1.54, 1.807) is 127 Å². The maximum Gasteiger partial charge on any atom is 0.243 e. The SMILES string of the molecule is Cc1ccc(C(=O)c2sc3cc(O)ccc3c2Oc2ccc(CN3CCC3)cc2)c(C)c1.O=C(c1ccc(Cl)cc1)c1sc2cc(O)ccc2c1Oc1ccc(CN2CCC2)cc1.O=C(c1ccccc1)c1sc2cc(O)ccc2c1Oc1ccc(CN2CC(C(F)F)C2)cc1.O=C(c1ccccc1Cl)c1sc2cc(O)ccc2c1Oc1ccc(CN2CCC2)cc1. The van der Waals surface area contributed by atoms with Gasteiger partial charge in [-0.25, -0.2) is 8.78 Å². The molecule has 4 saturated heterocycles. The number of fused-ring (bicyclic) bond motifs is 4. The molecule has 8 heterocycles. The van der Waals surface area contributed by atoms with E-state index in [-0.39, 0.29) is 46.1 Å². The van der Waals surface area contributed by atoms with Crippen LogP contribution in [-0.2, 0) is 26.2 Å². The van der Waals surface area contributed by atoms with Gasteiger partial charge in [0.1, 0.15) is 65.5 Å². The van der Waals surface area contributed by atoms with Crippen molar-refractivity contribution in [2.75, 3.05) is 52.4 Å². The van der Waals surface area contributed by atoms with Crippen LogP contribution in [0.2, 0.25) is 10.0 Å². The number of benzene rings is 12. The summed E-state index contributed by atoms with van der Waals surface area (Å²) in [5.74, 6) is 4.12. The number of phenolic OH excluding ortho intramolecular Hbond substituents is 4. The summed E-state index contributed by atoms with van der Waals surface area (Å²) in [6, 6.07) is 80.3. The molecule has 642 valence electrons. The van der Waals surface area contributed by atoms with Gasteiger partial charge in [0.2, 0.25) is 29.6 Å². The van der Waals surface area contributed by atoms with Crippen molar-refractivity contribution in [2.45, 2.75) is 65.7 Å². The van der Waals surface area contributed by atoms with Crippen molar-refractivity contribution in [3.05, 3.63) is 352 Å². The summed E-state index contributed by atoms with van der Waals surface area (Å²) < 4.78 is 53.5. The third-order valence-corrected chi connectivity index (χ3v) is 27.7. The molecule has 0 unspecified atom stereocenters. The molecule has 0 bridgehead atoms. The summed E-state index contributed by atoms with van der Waals surface area (Å²) in [6.07, 6.45) is 1.56. The zero-order chi connectivity index (χ0) is 87.9. The average molecular weight is 1810 g/mol. The molecule has 4 aliphatic rings. The van der Waals surface area contributed by atoms with E-state index in [9.17, 15) is 48.4 Å². The highest BCUT2D eigenvalue weighted by Gasteiger charge is 2.34. The van der Waals surface area contributed by atoms with Gasteiger partial charge in [0.05, 0.1) is 5.02 Å². The van der Waals surface area contributed by atoms with Crippen molar-refractivity contribution in [2.24, 2.45) is 5.92 Å². The first-order valence-corrected chi connectivity index (χ1v) is 45.7. The molecule has 16 nitrogen and oxygen atoms in total. The van der Waals surface area contributed by atoms with Crippen LogP contribution in [-0.4, -0.2) is 122 Å². The van der Waals surface area contributed by atoms with Gasteiger partial charge in [-0.1, -0.05) is 138 Å². The van der Waals surface area contributed by atoms with Gasteiger partial charge in [-0.2, -0.15) is 0 Å². The van der Waals surface area contributed by atoms with E-state index in [0.717, 1.165) is 116 Å². The second-order valence-electron chi connectivity index (χ2n) is 31.9. The molecule has 0 atom stereocenters. The van der Waals surface area contributed by atoms with Gasteiger partial charge >= 0.3 is 0 Å². The molecule has 0 saturated carbocycles. The summed E-state index contributed by atoms with van der Waals surface area (Å²) in [7, 11) is 0. The summed E-state index contributed by atoms with van der Waals surface area (Å²) in [5, 5.41) is 43.8. The number of carbonyl (C=O) groups excluding carboxylic acids is 4. The van der Waals surface area contributed by atoms with Gasteiger partial charge < -0.3 is 39.4 Å². The number of nitrogens with zero attached hydrogens (tertiary/aromatic N) is 4. The van der Waals surface area contributed by atoms with Crippen molar-refractivity contribution < 1.29 is 67.3 Å². The average Bonchev–Trinajstić information content (AvgIpc) is 1.64. The van der Waals surface area contributed by atoms with Crippen LogP contribution in [0.5, 0.6) is 69.0 Å². The third-order valence-electron chi connectivity index (χ3n) is 22.6. The number of hydrogen-bond acceptors (Lipinski definition) is 20. The predicted octanol–water partition coefficient (Wildman–Crippen LogP) is 25.8. The standard InChI is InChI=1S/C27H25NO3S.C26H21F2NO3S.2C25H20ClNO3S/c1-17-4-10-22(18(2)14-17)25(30)27-26(23-11-7-20(29)15-24(23)32-27)31-21-8-5-19(6-9-21)16-28-12-3-13-28;27-26(28)18-14-29(15-18)13-16-6-9-20(10-7-16)32-24-21-11-8-19(30)12-22(21)33-25(24)23(31)17-4-2-1-3-5-17;26-18-6-4-17(5-7-18)23(29)25-24(21-11-8-19(28)14-22(21)31-25)30-20-9-2-16(3-10-20)15-27-12-1-13-27;26-21-5-2-1-4-19(21)23(29)25-24(20-11-8-17(28)14-22(20)31-25)30-18-9-6-16(7-10-18)15-27-12-3-13-27/h4-11,14-15,29H,3,12-13,16H2,1-2H3;1-12,18,26,30H,13-15H2;2-11,14,28H,1,12-13,15H2;1-2,4-11,14,28H,3,12-13,15H2. The van der Waals surface area contributed by atoms with Crippen LogP contribution in [0, 0.1) is 19.8 Å². The molecule has 0 amide bonds. The molecule has 0 aliphatic carbocycles. The molecule has 4 aromatic heterocycles. The Morgan fingerprint density at radius 1 is 0.362 bits per heavy atom. The lowest BCUT2D eigenvalue weighted by Gasteiger charge is -2.38. The number of likely N-dealkylation sites (tertiary alicyclic amines) is 4. The molecule has 4 fully saturated rings. The third kappa shape index (κ3) is 20.5. The topological polar surface area (TPSA) is 199 Å². The monoisotopic (exact) mass is 1810 g/mol. The fourth-order valence-corrected chi connectivity index (χ4v) is 20.2. The van der Waals surface area contributed by atoms with E-state index in [2.05, 4.69) is 51.1 Å². The maximum absolute atomic E-state index is 13.5. The van der Waals surface area contributed by atoms with Gasteiger partial charge in [0.15, 0.2) is 23.0 Å². The van der Waals surface area contributed by atoms with E-state index in [1.807, 2.05) is 122 Å². The number of rotatable bonds is 25. The number of thiophene rings is 4. The van der Waals surface area contributed by atoms with Crippen LogP contribution in [0.3, 0.4) is 0 Å². The Balaban J connectivity index is 0.000000119. The summed E-state index contributed by atoms with van der Waals surface area (Å²) >= 11 is 17.5. The van der Waals surface area contributed by atoms with E-state index in [4.69, 9.17) is 42.1 Å². The molecule has 4 aliphatic heterocycles. The molecular weight excluding hydrogens is 1720 g/mol. The second-order valence-corrected chi connectivity index (χ2v) is 37.0. The van der Waals surface area contributed by atoms with E-state index >= 15 is 0 Å². The largest absolute Gasteiger partial charge is 0.508 e. The van der Waals surface area contributed by atoms with Crippen LogP contribution >= 0.6 is 68.5 Å². The number of carbonyl (C=O) groups is 4. The lowest BCUT2D eigenvalue weighted by molar-refractivity contribution is -0.0279. The Morgan fingerprint density at radius 2 is 0.685 bits per heavy atom. The normalized spacial score (nSPS) is 14.0. The van der Waals surface area contributed by atoms with Crippen LogP contribution in [0.4, 0.5) is 8.78 Å². The van der Waals surface area contributed by atoms with Crippen LogP contribution in [0.15, 0.2) is 267 Å². The summed E-state index contributed by atoms with van der Waals surface area (Å²) in [5.41, 5.74) is 8.99. The van der Waals surface area contributed by atoms with Crippen molar-refractivity contribution in [1.29, 1.82) is 0 Å². The smallest absolute Gasteiger partial charge is 0.243 e. The molecular formula is C103H86Cl2F2N4O12S4. The van der Waals surface area contributed by atoms with Crippen molar-refractivity contribution >= 4 is 132 Å². The zero-order valence-corrected chi connectivity index (χ0v) is 73.9. The first-order chi connectivity index (χ1) is 61.6. The minimum absolute atomic E-state index is 0.0624. The first-order valence-electron chi connectivity index (χ1n) is 41.7. The number of phenols is 4. The lowest BCUT2D eigenvalue weighted by atomic mass is 10.00. The number of halogens is 4. The van der Waals surface area contributed by atoms with Gasteiger partial charge in [-0.05, 0) is 258 Å². The number of ether oxygens (including phenoxy) is 4. The van der Waals surface area contributed by atoms with E-state index in [0.29, 0.717) is 117 Å². The van der Waals surface area contributed by atoms with Crippen LogP contribution < -0.4 is 18.9 Å². The summed E-state index contributed by atoms with van der Waals surface area (Å²) in [6.45, 7) is 15.2. The number of aromatic hydroxyl groups is 4. The molecule has 127 heavy (non-hydrogen) atoms. The van der Waals surface area contributed by atoms with Crippen LogP contribution in [0.1, 0.15) is 114 Å². The zero-order valence-electron chi connectivity index (χ0n) is 69.2. The lowest BCUT2D eigenvalue weighted by Crippen LogP contribution is -2.49. The van der Waals surface area contributed by atoms with Gasteiger partial charge in [0, 0.05) is 113 Å². The molecule has 0 radical (unpaired) electrons. The molecule has 24 heteroatoms. The molecule has 12 aromatic carbocycles. The molecule has 0 spiro atoms.